The van der Waals surface area contributed by atoms with Crippen LogP contribution in [0.15, 0.2) is 65.3 Å². The Kier molecular flexibility index (Phi) is 5.16. The van der Waals surface area contributed by atoms with E-state index in [1.54, 1.807) is 12.1 Å². The zero-order valence-corrected chi connectivity index (χ0v) is 15.3. The fraction of sp³-hybridized carbons (Fsp3) is 0.304. The number of hydrogen-bond donors (Lipinski definition) is 0. The first-order valence-electron chi connectivity index (χ1n) is 9.53. The lowest BCUT2D eigenvalue weighted by Crippen LogP contribution is -2.05. The number of halogens is 3. The molecule has 1 heterocycles. The number of alkyl halides is 3. The summed E-state index contributed by atoms with van der Waals surface area (Å²) in [6, 6.07) is 14.6. The van der Waals surface area contributed by atoms with Crippen molar-refractivity contribution in [1.82, 2.24) is 0 Å². The topological polar surface area (TPSA) is 22.4 Å². The summed E-state index contributed by atoms with van der Waals surface area (Å²) in [6.45, 7) is 0. The SMILES string of the molecule is FC(F)(F)c1ccc(Oc2ccc(C3CCCCC3)cc2)c(-c2ccco2)c1. The van der Waals surface area contributed by atoms with E-state index in [-0.39, 0.29) is 5.56 Å². The highest BCUT2D eigenvalue weighted by Crippen LogP contribution is 2.39. The Morgan fingerprint density at radius 1 is 0.893 bits per heavy atom. The Morgan fingerprint density at radius 3 is 2.29 bits per heavy atom. The van der Waals surface area contributed by atoms with Crippen LogP contribution in [0.1, 0.15) is 49.1 Å². The Hall–Kier alpha value is -2.69. The van der Waals surface area contributed by atoms with E-state index in [1.807, 2.05) is 12.1 Å². The average Bonchev–Trinajstić information content (AvgIpc) is 3.23. The first kappa shape index (κ1) is 18.7. The third-order valence-corrected chi connectivity index (χ3v) is 5.28. The number of ether oxygens (including phenoxy) is 1. The van der Waals surface area contributed by atoms with Gasteiger partial charge in [0.2, 0.25) is 0 Å². The number of rotatable bonds is 4. The van der Waals surface area contributed by atoms with Crippen LogP contribution in [0.5, 0.6) is 11.5 Å². The van der Waals surface area contributed by atoms with E-state index in [9.17, 15) is 13.2 Å². The van der Waals surface area contributed by atoms with E-state index < -0.39 is 11.7 Å². The van der Waals surface area contributed by atoms with Crippen molar-refractivity contribution in [2.75, 3.05) is 0 Å². The zero-order valence-electron chi connectivity index (χ0n) is 15.3. The van der Waals surface area contributed by atoms with Gasteiger partial charge in [-0.3, -0.25) is 0 Å². The molecular formula is C23H21F3O2. The quantitative estimate of drug-likeness (QED) is 0.456. The molecule has 5 heteroatoms. The normalized spacial score (nSPS) is 15.5. The molecule has 2 aromatic carbocycles. The zero-order chi connectivity index (χ0) is 19.6. The molecule has 0 unspecified atom stereocenters. The van der Waals surface area contributed by atoms with Gasteiger partial charge in [-0.05, 0) is 66.8 Å². The van der Waals surface area contributed by atoms with Gasteiger partial charge >= 0.3 is 6.18 Å². The monoisotopic (exact) mass is 386 g/mol. The molecule has 3 aromatic rings. The first-order chi connectivity index (χ1) is 13.5. The molecule has 0 bridgehead atoms. The van der Waals surface area contributed by atoms with Gasteiger partial charge in [-0.1, -0.05) is 31.4 Å². The maximum Gasteiger partial charge on any atom is 0.416 e. The number of furan rings is 1. The van der Waals surface area contributed by atoms with Crippen molar-refractivity contribution in [1.29, 1.82) is 0 Å². The van der Waals surface area contributed by atoms with Gasteiger partial charge in [0, 0.05) is 0 Å². The maximum absolute atomic E-state index is 13.1. The van der Waals surface area contributed by atoms with Crippen LogP contribution in [-0.4, -0.2) is 0 Å². The van der Waals surface area contributed by atoms with Gasteiger partial charge < -0.3 is 9.15 Å². The van der Waals surface area contributed by atoms with Gasteiger partial charge in [-0.2, -0.15) is 13.2 Å². The van der Waals surface area contributed by atoms with Crippen molar-refractivity contribution in [3.8, 4) is 22.8 Å². The van der Waals surface area contributed by atoms with Crippen molar-refractivity contribution in [3.63, 3.8) is 0 Å². The molecule has 1 aromatic heterocycles. The molecule has 0 atom stereocenters. The number of hydrogen-bond acceptors (Lipinski definition) is 2. The maximum atomic E-state index is 13.1. The van der Waals surface area contributed by atoms with E-state index >= 15 is 0 Å². The molecule has 4 rings (SSSR count). The molecule has 1 saturated carbocycles. The summed E-state index contributed by atoms with van der Waals surface area (Å²) >= 11 is 0. The minimum atomic E-state index is -4.43. The molecule has 0 N–H and O–H groups in total. The highest BCUT2D eigenvalue weighted by molar-refractivity contribution is 5.67. The molecule has 0 radical (unpaired) electrons. The second-order valence-electron chi connectivity index (χ2n) is 7.19. The molecule has 1 fully saturated rings. The lowest BCUT2D eigenvalue weighted by atomic mass is 9.84. The third-order valence-electron chi connectivity index (χ3n) is 5.28. The van der Waals surface area contributed by atoms with E-state index in [4.69, 9.17) is 9.15 Å². The van der Waals surface area contributed by atoms with Gasteiger partial charge in [-0.25, -0.2) is 0 Å². The Balaban J connectivity index is 1.60. The molecule has 1 aliphatic carbocycles. The van der Waals surface area contributed by atoms with Crippen LogP contribution in [0.2, 0.25) is 0 Å². The molecule has 146 valence electrons. The first-order valence-corrected chi connectivity index (χ1v) is 9.53. The Bertz CT molecular complexity index is 906. The van der Waals surface area contributed by atoms with Gasteiger partial charge in [0.15, 0.2) is 0 Å². The minimum Gasteiger partial charge on any atom is -0.464 e. The summed E-state index contributed by atoms with van der Waals surface area (Å²) in [5, 5.41) is 0. The predicted molar refractivity (Wildman–Crippen MR) is 101 cm³/mol. The van der Waals surface area contributed by atoms with Crippen LogP contribution >= 0.6 is 0 Å². The fourth-order valence-corrected chi connectivity index (χ4v) is 3.79. The lowest BCUT2D eigenvalue weighted by Gasteiger charge is -2.22. The molecular weight excluding hydrogens is 365 g/mol. The smallest absolute Gasteiger partial charge is 0.416 e. The minimum absolute atomic E-state index is 0.274. The van der Waals surface area contributed by atoms with Crippen LogP contribution < -0.4 is 4.74 Å². The fourth-order valence-electron chi connectivity index (χ4n) is 3.79. The Labute approximate surface area is 161 Å². The van der Waals surface area contributed by atoms with Crippen LogP contribution in [0.3, 0.4) is 0 Å². The molecule has 0 saturated heterocycles. The lowest BCUT2D eigenvalue weighted by molar-refractivity contribution is -0.137. The number of benzene rings is 2. The van der Waals surface area contributed by atoms with Gasteiger partial charge in [0.25, 0.3) is 0 Å². The van der Waals surface area contributed by atoms with E-state index in [0.29, 0.717) is 23.2 Å². The van der Waals surface area contributed by atoms with Crippen molar-refractivity contribution in [2.45, 2.75) is 44.2 Å². The second kappa shape index (κ2) is 7.74. The highest BCUT2D eigenvalue weighted by Gasteiger charge is 2.31. The third kappa shape index (κ3) is 4.08. The molecule has 1 aliphatic rings. The van der Waals surface area contributed by atoms with Crippen LogP contribution in [0.4, 0.5) is 13.2 Å². The molecule has 2 nitrogen and oxygen atoms in total. The van der Waals surface area contributed by atoms with Crippen molar-refractivity contribution < 1.29 is 22.3 Å². The largest absolute Gasteiger partial charge is 0.464 e. The summed E-state index contributed by atoms with van der Waals surface area (Å²) in [6.07, 6.45) is 3.26. The summed E-state index contributed by atoms with van der Waals surface area (Å²) < 4.78 is 50.6. The van der Waals surface area contributed by atoms with Crippen molar-refractivity contribution in [2.24, 2.45) is 0 Å². The molecule has 0 amide bonds. The van der Waals surface area contributed by atoms with Crippen LogP contribution in [0.25, 0.3) is 11.3 Å². The molecule has 0 spiro atoms. The van der Waals surface area contributed by atoms with Gasteiger partial charge in [0.05, 0.1) is 17.4 Å². The van der Waals surface area contributed by atoms with Gasteiger partial charge in [0.1, 0.15) is 17.3 Å². The van der Waals surface area contributed by atoms with Crippen molar-refractivity contribution in [3.05, 3.63) is 72.0 Å². The van der Waals surface area contributed by atoms with E-state index in [1.165, 1.54) is 50.0 Å². The van der Waals surface area contributed by atoms with E-state index in [2.05, 4.69) is 12.1 Å². The highest BCUT2D eigenvalue weighted by atomic mass is 19.4. The average molecular weight is 386 g/mol. The van der Waals surface area contributed by atoms with E-state index in [0.717, 1.165) is 12.1 Å². The second-order valence-corrected chi connectivity index (χ2v) is 7.19. The molecule has 0 aliphatic heterocycles. The van der Waals surface area contributed by atoms with Crippen molar-refractivity contribution >= 4 is 0 Å². The summed E-state index contributed by atoms with van der Waals surface area (Å²) in [5.74, 6) is 1.84. The summed E-state index contributed by atoms with van der Waals surface area (Å²) in [7, 11) is 0. The van der Waals surface area contributed by atoms with Crippen LogP contribution in [-0.2, 0) is 6.18 Å². The summed E-state index contributed by atoms with van der Waals surface area (Å²) in [5.41, 5.74) is 0.834. The summed E-state index contributed by atoms with van der Waals surface area (Å²) in [4.78, 5) is 0. The molecule has 28 heavy (non-hydrogen) atoms. The van der Waals surface area contributed by atoms with Gasteiger partial charge in [-0.15, -0.1) is 0 Å². The standard InChI is InChI=1S/C23H21F3O2/c24-23(25,26)18-10-13-22(20(15-18)21-7-4-14-27-21)28-19-11-8-17(9-12-19)16-5-2-1-3-6-16/h4,7-16H,1-3,5-6H2. The van der Waals surface area contributed by atoms with Crippen LogP contribution in [0, 0.1) is 0 Å². The Morgan fingerprint density at radius 2 is 1.64 bits per heavy atom. The predicted octanol–water partition coefficient (Wildman–Crippen LogP) is 7.81.